The van der Waals surface area contributed by atoms with Gasteiger partial charge in [0.05, 0.1) is 5.75 Å². The van der Waals surface area contributed by atoms with Gasteiger partial charge in [-0.2, -0.15) is 4.68 Å². The number of nitrogens with zero attached hydrogens (tertiary/aromatic N) is 3. The minimum absolute atomic E-state index is 0.0352. The molecule has 0 spiro atoms. The molecular weight excluding hydrogens is 257 g/mol. The average molecular weight is 259 g/mol. The summed E-state index contributed by atoms with van der Waals surface area (Å²) in [7, 11) is 0. The fourth-order valence-electron chi connectivity index (χ4n) is 0.861. The van der Waals surface area contributed by atoms with Crippen LogP contribution >= 0.6 is 46.6 Å². The van der Waals surface area contributed by atoms with E-state index in [9.17, 15) is 4.79 Å². The fourth-order valence-corrected chi connectivity index (χ4v) is 1.89. The summed E-state index contributed by atoms with van der Waals surface area (Å²) in [6, 6.07) is 0. The Kier molecular flexibility index (Phi) is 2.22. The Bertz CT molecular complexity index is 372. The maximum atomic E-state index is 11.1. The van der Waals surface area contributed by atoms with Gasteiger partial charge in [0.25, 0.3) is 9.70 Å². The molecule has 0 saturated heterocycles. The molecule has 0 unspecified atom stereocenters. The van der Waals surface area contributed by atoms with Crippen LogP contribution in [0.5, 0.6) is 0 Å². The van der Waals surface area contributed by atoms with Crippen LogP contribution in [-0.4, -0.2) is 26.4 Å². The van der Waals surface area contributed by atoms with E-state index in [-0.39, 0.29) is 11.7 Å². The van der Waals surface area contributed by atoms with Crippen molar-refractivity contribution in [1.29, 1.82) is 0 Å². The minimum atomic E-state index is -1.67. The Morgan fingerprint density at radius 1 is 1.46 bits per heavy atom. The van der Waals surface area contributed by atoms with E-state index < -0.39 is 3.79 Å². The first-order valence-corrected chi connectivity index (χ1v) is 5.30. The molecular formula is C5H2Cl3N3OS. The van der Waals surface area contributed by atoms with Crippen LogP contribution in [-0.2, 0) is 3.79 Å². The topological polar surface area (TPSA) is 47.8 Å². The SMILES string of the molecule is O=C1CSc2nc(C(Cl)(Cl)Cl)nn21. The Hall–Kier alpha value is 0.0300. The third kappa shape index (κ3) is 1.66. The second kappa shape index (κ2) is 3.02. The lowest BCUT2D eigenvalue weighted by molar-refractivity contribution is 0.0923. The number of aromatic nitrogens is 3. The lowest BCUT2D eigenvalue weighted by Crippen LogP contribution is -2.11. The van der Waals surface area contributed by atoms with Crippen molar-refractivity contribution in [2.24, 2.45) is 0 Å². The van der Waals surface area contributed by atoms with Crippen molar-refractivity contribution in [2.45, 2.75) is 8.95 Å². The summed E-state index contributed by atoms with van der Waals surface area (Å²) >= 11 is 17.9. The minimum Gasteiger partial charge on any atom is -0.271 e. The van der Waals surface area contributed by atoms with Crippen molar-refractivity contribution in [3.05, 3.63) is 5.82 Å². The maximum absolute atomic E-state index is 11.1. The largest absolute Gasteiger partial charge is 0.271 e. The van der Waals surface area contributed by atoms with Gasteiger partial charge in [0.1, 0.15) is 0 Å². The average Bonchev–Trinajstić information content (AvgIpc) is 2.51. The second-order valence-electron chi connectivity index (χ2n) is 2.31. The quantitative estimate of drug-likeness (QED) is 0.666. The normalized spacial score (nSPS) is 16.4. The van der Waals surface area contributed by atoms with Crippen molar-refractivity contribution in [2.75, 3.05) is 5.75 Å². The Morgan fingerprint density at radius 3 is 2.69 bits per heavy atom. The van der Waals surface area contributed by atoms with Gasteiger partial charge in [0.2, 0.25) is 5.82 Å². The first-order valence-electron chi connectivity index (χ1n) is 3.19. The standard InChI is InChI=1S/C5H2Cl3N3OS/c6-5(7,8)3-9-4-11(10-3)2(12)1-13-4/h1H2. The molecule has 1 aliphatic heterocycles. The molecule has 1 aromatic heterocycles. The second-order valence-corrected chi connectivity index (χ2v) is 5.53. The van der Waals surface area contributed by atoms with Crippen molar-refractivity contribution in [1.82, 2.24) is 14.8 Å². The summed E-state index contributed by atoms with van der Waals surface area (Å²) < 4.78 is -0.514. The van der Waals surface area contributed by atoms with E-state index in [1.54, 1.807) is 0 Å². The van der Waals surface area contributed by atoms with Gasteiger partial charge in [0, 0.05) is 0 Å². The van der Waals surface area contributed by atoms with Gasteiger partial charge in [-0.25, -0.2) is 4.98 Å². The monoisotopic (exact) mass is 257 g/mol. The number of fused-ring (bicyclic) bond motifs is 1. The van der Waals surface area contributed by atoms with E-state index in [0.717, 1.165) is 4.68 Å². The Labute approximate surface area is 92.5 Å². The summed E-state index contributed by atoms with van der Waals surface area (Å²) in [4.78, 5) is 15.0. The Morgan fingerprint density at radius 2 is 2.15 bits per heavy atom. The molecule has 70 valence electrons. The molecule has 0 amide bonds. The van der Waals surface area contributed by atoms with Crippen LogP contribution in [0.4, 0.5) is 0 Å². The van der Waals surface area contributed by atoms with Crippen molar-refractivity contribution < 1.29 is 4.79 Å². The zero-order valence-electron chi connectivity index (χ0n) is 6.00. The predicted octanol–water partition coefficient (Wildman–Crippen LogP) is 1.85. The molecule has 0 N–H and O–H groups in total. The van der Waals surface area contributed by atoms with Crippen molar-refractivity contribution >= 4 is 52.5 Å². The smallest absolute Gasteiger partial charge is 0.259 e. The lowest BCUT2D eigenvalue weighted by atomic mass is 10.7. The third-order valence-corrected chi connectivity index (χ3v) is 2.81. The van der Waals surface area contributed by atoms with Crippen LogP contribution in [0.3, 0.4) is 0 Å². The molecule has 1 aromatic rings. The fraction of sp³-hybridized carbons (Fsp3) is 0.400. The molecule has 4 nitrogen and oxygen atoms in total. The number of carbonyl (C=O) groups excluding carboxylic acids is 1. The number of halogens is 3. The zero-order chi connectivity index (χ0) is 9.64. The van der Waals surface area contributed by atoms with Crippen molar-refractivity contribution in [3.63, 3.8) is 0 Å². The first-order chi connectivity index (χ1) is 5.98. The van der Waals surface area contributed by atoms with E-state index in [4.69, 9.17) is 34.8 Å². The van der Waals surface area contributed by atoms with Gasteiger partial charge in [-0.3, -0.25) is 4.79 Å². The maximum Gasteiger partial charge on any atom is 0.259 e. The number of rotatable bonds is 0. The summed E-state index contributed by atoms with van der Waals surface area (Å²) in [5.74, 6) is 0.233. The highest BCUT2D eigenvalue weighted by molar-refractivity contribution is 8.00. The van der Waals surface area contributed by atoms with Crippen LogP contribution in [0.2, 0.25) is 0 Å². The molecule has 13 heavy (non-hydrogen) atoms. The molecule has 0 aliphatic carbocycles. The highest BCUT2D eigenvalue weighted by Gasteiger charge is 2.33. The van der Waals surface area contributed by atoms with E-state index in [2.05, 4.69) is 10.1 Å². The Balaban J connectivity index is 2.45. The molecule has 0 saturated carbocycles. The van der Waals surface area contributed by atoms with E-state index in [0.29, 0.717) is 10.9 Å². The van der Waals surface area contributed by atoms with E-state index in [1.165, 1.54) is 11.8 Å². The van der Waals surface area contributed by atoms with E-state index >= 15 is 0 Å². The molecule has 0 fully saturated rings. The van der Waals surface area contributed by atoms with Crippen LogP contribution in [0.1, 0.15) is 10.6 Å². The molecule has 2 rings (SSSR count). The number of thioether (sulfide) groups is 1. The molecule has 0 radical (unpaired) electrons. The van der Waals surface area contributed by atoms with Gasteiger partial charge in [-0.1, -0.05) is 46.6 Å². The van der Waals surface area contributed by atoms with Gasteiger partial charge < -0.3 is 0 Å². The van der Waals surface area contributed by atoms with Crippen molar-refractivity contribution in [3.8, 4) is 0 Å². The summed E-state index contributed by atoms with van der Waals surface area (Å²) in [6.07, 6.45) is 0. The highest BCUT2D eigenvalue weighted by Crippen LogP contribution is 2.37. The number of hydrogen-bond donors (Lipinski definition) is 0. The molecule has 1 aliphatic rings. The molecule has 2 heterocycles. The number of hydrogen-bond acceptors (Lipinski definition) is 4. The molecule has 0 aromatic carbocycles. The summed E-state index contributed by atoms with van der Waals surface area (Å²) in [6.45, 7) is 0. The summed E-state index contributed by atoms with van der Waals surface area (Å²) in [5, 5.41) is 4.26. The lowest BCUT2D eigenvalue weighted by Gasteiger charge is -2.03. The third-order valence-electron chi connectivity index (χ3n) is 1.39. The highest BCUT2D eigenvalue weighted by atomic mass is 35.6. The van der Waals surface area contributed by atoms with Crippen LogP contribution < -0.4 is 0 Å². The van der Waals surface area contributed by atoms with Gasteiger partial charge in [-0.05, 0) is 0 Å². The summed E-state index contributed by atoms with van der Waals surface area (Å²) in [5.41, 5.74) is 0. The van der Waals surface area contributed by atoms with Gasteiger partial charge >= 0.3 is 0 Å². The number of carbonyl (C=O) groups is 1. The van der Waals surface area contributed by atoms with Crippen LogP contribution in [0.25, 0.3) is 0 Å². The van der Waals surface area contributed by atoms with Gasteiger partial charge in [-0.15, -0.1) is 5.10 Å². The van der Waals surface area contributed by atoms with Crippen LogP contribution in [0.15, 0.2) is 5.16 Å². The predicted molar refractivity (Wildman–Crippen MR) is 50.6 cm³/mol. The van der Waals surface area contributed by atoms with E-state index in [1.807, 2.05) is 0 Å². The zero-order valence-corrected chi connectivity index (χ0v) is 9.08. The van der Waals surface area contributed by atoms with Gasteiger partial charge in [0.15, 0.2) is 5.16 Å². The molecule has 8 heteroatoms. The molecule has 0 atom stereocenters. The first kappa shape index (κ1) is 9.58. The molecule has 0 bridgehead atoms. The number of alkyl halides is 3. The van der Waals surface area contributed by atoms with Crippen LogP contribution in [0, 0.1) is 0 Å².